The van der Waals surface area contributed by atoms with Gasteiger partial charge in [-0.3, -0.25) is 0 Å². The molecule has 0 saturated heterocycles. The molecule has 0 spiro atoms. The van der Waals surface area contributed by atoms with Gasteiger partial charge in [0.1, 0.15) is 0 Å². The summed E-state index contributed by atoms with van der Waals surface area (Å²) in [6, 6.07) is 0. The Kier molecular flexibility index (Phi) is 2.08. The molecule has 0 aromatic carbocycles. The molecule has 66 valence electrons. The van der Waals surface area contributed by atoms with Gasteiger partial charge in [0.05, 0.1) is 11.4 Å². The summed E-state index contributed by atoms with van der Waals surface area (Å²) in [5.74, 6) is 0. The van der Waals surface area contributed by atoms with Crippen LogP contribution in [0.5, 0.6) is 0 Å². The standard InChI is InChI=1S/C8H14N4/c1-9-6-7-8-4-2-3-5-12(8)11-10-7/h9H,2-6H2,1H3. The molecule has 4 heteroatoms. The van der Waals surface area contributed by atoms with Gasteiger partial charge in [0.25, 0.3) is 0 Å². The average molecular weight is 166 g/mol. The van der Waals surface area contributed by atoms with Crippen molar-refractivity contribution in [3.05, 3.63) is 11.4 Å². The van der Waals surface area contributed by atoms with Crippen LogP contribution in [-0.2, 0) is 19.5 Å². The van der Waals surface area contributed by atoms with Crippen molar-refractivity contribution in [3.8, 4) is 0 Å². The lowest BCUT2D eigenvalue weighted by atomic mass is 10.1. The maximum absolute atomic E-state index is 4.14. The number of fused-ring (bicyclic) bond motifs is 1. The van der Waals surface area contributed by atoms with Gasteiger partial charge in [-0.25, -0.2) is 4.68 Å². The zero-order valence-corrected chi connectivity index (χ0v) is 7.38. The number of nitrogens with zero attached hydrogens (tertiary/aromatic N) is 3. The van der Waals surface area contributed by atoms with Gasteiger partial charge in [-0.15, -0.1) is 5.10 Å². The predicted molar refractivity (Wildman–Crippen MR) is 45.7 cm³/mol. The van der Waals surface area contributed by atoms with Gasteiger partial charge in [-0.1, -0.05) is 5.21 Å². The fourth-order valence-electron chi connectivity index (χ4n) is 1.68. The fourth-order valence-corrected chi connectivity index (χ4v) is 1.68. The van der Waals surface area contributed by atoms with Crippen LogP contribution in [0.15, 0.2) is 0 Å². The Morgan fingerprint density at radius 1 is 1.50 bits per heavy atom. The van der Waals surface area contributed by atoms with Crippen molar-refractivity contribution in [2.24, 2.45) is 0 Å². The van der Waals surface area contributed by atoms with Crippen molar-refractivity contribution in [2.75, 3.05) is 7.05 Å². The zero-order valence-electron chi connectivity index (χ0n) is 7.38. The van der Waals surface area contributed by atoms with Gasteiger partial charge in [0, 0.05) is 13.1 Å². The lowest BCUT2D eigenvalue weighted by molar-refractivity contribution is 0.475. The van der Waals surface area contributed by atoms with Crippen LogP contribution in [0.2, 0.25) is 0 Å². The minimum Gasteiger partial charge on any atom is -0.314 e. The first-order valence-corrected chi connectivity index (χ1v) is 4.47. The molecule has 0 saturated carbocycles. The van der Waals surface area contributed by atoms with Crippen LogP contribution in [0, 0.1) is 0 Å². The smallest absolute Gasteiger partial charge is 0.0996 e. The lowest BCUT2D eigenvalue weighted by Crippen LogP contribution is -2.14. The van der Waals surface area contributed by atoms with E-state index >= 15 is 0 Å². The van der Waals surface area contributed by atoms with Gasteiger partial charge < -0.3 is 5.32 Å². The van der Waals surface area contributed by atoms with Crippen molar-refractivity contribution in [2.45, 2.75) is 32.4 Å². The topological polar surface area (TPSA) is 42.7 Å². The van der Waals surface area contributed by atoms with E-state index in [1.54, 1.807) is 0 Å². The third-order valence-corrected chi connectivity index (χ3v) is 2.30. The molecule has 12 heavy (non-hydrogen) atoms. The minimum absolute atomic E-state index is 0.843. The summed E-state index contributed by atoms with van der Waals surface area (Å²) >= 11 is 0. The molecule has 1 N–H and O–H groups in total. The van der Waals surface area contributed by atoms with Crippen LogP contribution in [0.3, 0.4) is 0 Å². The molecule has 0 fully saturated rings. The Hall–Kier alpha value is -0.900. The minimum atomic E-state index is 0.843. The molecule has 0 atom stereocenters. The monoisotopic (exact) mass is 166 g/mol. The second-order valence-corrected chi connectivity index (χ2v) is 3.19. The normalized spacial score (nSPS) is 16.1. The Bertz CT molecular complexity index is 266. The third kappa shape index (κ3) is 1.22. The largest absolute Gasteiger partial charge is 0.314 e. The molecule has 1 aromatic heterocycles. The van der Waals surface area contributed by atoms with Crippen molar-refractivity contribution in [3.63, 3.8) is 0 Å². The molecule has 2 heterocycles. The van der Waals surface area contributed by atoms with Crippen LogP contribution in [0.25, 0.3) is 0 Å². The Balaban J connectivity index is 2.25. The summed E-state index contributed by atoms with van der Waals surface area (Å²) in [5.41, 5.74) is 2.45. The highest BCUT2D eigenvalue weighted by molar-refractivity contribution is 5.11. The first-order chi connectivity index (χ1) is 5.92. The lowest BCUT2D eigenvalue weighted by Gasteiger charge is -2.12. The Labute approximate surface area is 72.0 Å². The maximum atomic E-state index is 4.14. The number of hydrogen-bond donors (Lipinski definition) is 1. The highest BCUT2D eigenvalue weighted by Gasteiger charge is 2.14. The van der Waals surface area contributed by atoms with Crippen LogP contribution in [0.4, 0.5) is 0 Å². The van der Waals surface area contributed by atoms with Crippen molar-refractivity contribution >= 4 is 0 Å². The van der Waals surface area contributed by atoms with Gasteiger partial charge in [-0.05, 0) is 26.3 Å². The molecule has 1 aliphatic heterocycles. The van der Waals surface area contributed by atoms with E-state index in [4.69, 9.17) is 0 Å². The van der Waals surface area contributed by atoms with Crippen LogP contribution < -0.4 is 5.32 Å². The van der Waals surface area contributed by atoms with Gasteiger partial charge in [0.15, 0.2) is 0 Å². The van der Waals surface area contributed by atoms with Crippen LogP contribution in [-0.4, -0.2) is 22.0 Å². The van der Waals surface area contributed by atoms with E-state index < -0.39 is 0 Å². The van der Waals surface area contributed by atoms with E-state index in [1.807, 2.05) is 11.7 Å². The molecule has 0 bridgehead atoms. The summed E-state index contributed by atoms with van der Waals surface area (Å²) < 4.78 is 2.04. The molecule has 4 nitrogen and oxygen atoms in total. The predicted octanol–water partition coefficient (Wildman–Crippen LogP) is 0.334. The fraction of sp³-hybridized carbons (Fsp3) is 0.750. The highest BCUT2D eigenvalue weighted by Crippen LogP contribution is 2.15. The van der Waals surface area contributed by atoms with Crippen LogP contribution in [0.1, 0.15) is 24.2 Å². The first kappa shape index (κ1) is 7.73. The summed E-state index contributed by atoms with van der Waals surface area (Å²) in [4.78, 5) is 0. The molecule has 0 aliphatic carbocycles. The summed E-state index contributed by atoms with van der Waals surface area (Å²) in [6.45, 7) is 1.89. The van der Waals surface area contributed by atoms with Gasteiger partial charge in [-0.2, -0.15) is 0 Å². The zero-order chi connectivity index (χ0) is 8.39. The number of aromatic nitrogens is 3. The Morgan fingerprint density at radius 2 is 2.42 bits per heavy atom. The van der Waals surface area contributed by atoms with E-state index in [2.05, 4.69) is 15.6 Å². The van der Waals surface area contributed by atoms with E-state index in [0.717, 1.165) is 25.2 Å². The number of rotatable bonds is 2. The van der Waals surface area contributed by atoms with Gasteiger partial charge >= 0.3 is 0 Å². The van der Waals surface area contributed by atoms with Crippen molar-refractivity contribution in [1.82, 2.24) is 20.3 Å². The van der Waals surface area contributed by atoms with Crippen molar-refractivity contribution < 1.29 is 0 Å². The SMILES string of the molecule is CNCc1nnn2c1CCCC2. The van der Waals surface area contributed by atoms with E-state index in [-0.39, 0.29) is 0 Å². The summed E-state index contributed by atoms with van der Waals surface area (Å²) in [6.07, 6.45) is 3.67. The number of nitrogens with one attached hydrogen (secondary N) is 1. The number of aryl methyl sites for hydroxylation is 1. The Morgan fingerprint density at radius 3 is 3.25 bits per heavy atom. The second kappa shape index (κ2) is 3.23. The maximum Gasteiger partial charge on any atom is 0.0996 e. The van der Waals surface area contributed by atoms with E-state index in [0.29, 0.717) is 0 Å². The summed E-state index contributed by atoms with van der Waals surface area (Å²) in [7, 11) is 1.94. The molecule has 0 unspecified atom stereocenters. The van der Waals surface area contributed by atoms with Crippen molar-refractivity contribution in [1.29, 1.82) is 0 Å². The second-order valence-electron chi connectivity index (χ2n) is 3.19. The molecule has 0 amide bonds. The number of hydrogen-bond acceptors (Lipinski definition) is 3. The van der Waals surface area contributed by atoms with Gasteiger partial charge in [0.2, 0.25) is 0 Å². The summed E-state index contributed by atoms with van der Waals surface area (Å²) in [5, 5.41) is 11.3. The molecule has 2 rings (SSSR count). The third-order valence-electron chi connectivity index (χ3n) is 2.30. The first-order valence-electron chi connectivity index (χ1n) is 4.47. The average Bonchev–Trinajstić information content (AvgIpc) is 2.50. The molecular formula is C8H14N4. The van der Waals surface area contributed by atoms with E-state index in [1.165, 1.54) is 18.5 Å². The molecule has 0 radical (unpaired) electrons. The molecule has 1 aliphatic rings. The molecular weight excluding hydrogens is 152 g/mol. The van der Waals surface area contributed by atoms with E-state index in [9.17, 15) is 0 Å². The molecule has 1 aromatic rings. The highest BCUT2D eigenvalue weighted by atomic mass is 15.4. The van der Waals surface area contributed by atoms with Crippen LogP contribution >= 0.6 is 0 Å². The quantitative estimate of drug-likeness (QED) is 0.688.